The van der Waals surface area contributed by atoms with E-state index in [2.05, 4.69) is 27.3 Å². The van der Waals surface area contributed by atoms with Crippen LogP contribution in [0, 0.1) is 0 Å². The third kappa shape index (κ3) is 6.35. The highest BCUT2D eigenvalue weighted by atomic mass is 127. The number of benzene rings is 1. The molecule has 3 rings (SSSR count). The first-order chi connectivity index (χ1) is 14.2. The van der Waals surface area contributed by atoms with Gasteiger partial charge in [-0.2, -0.15) is 5.10 Å². The molecule has 8 nitrogen and oxygen atoms in total. The Morgan fingerprint density at radius 2 is 2.17 bits per heavy atom. The van der Waals surface area contributed by atoms with Crippen molar-refractivity contribution in [1.82, 2.24) is 25.0 Å². The minimum Gasteiger partial charge on any atom is -0.489 e. The van der Waals surface area contributed by atoms with E-state index in [1.807, 2.05) is 28.8 Å². The van der Waals surface area contributed by atoms with Gasteiger partial charge in [0.15, 0.2) is 5.96 Å². The van der Waals surface area contributed by atoms with Crippen LogP contribution in [0.4, 0.5) is 0 Å². The van der Waals surface area contributed by atoms with Gasteiger partial charge in [-0.1, -0.05) is 30.9 Å². The van der Waals surface area contributed by atoms with Gasteiger partial charge in [-0.3, -0.25) is 9.56 Å². The van der Waals surface area contributed by atoms with Gasteiger partial charge in [0.2, 0.25) is 0 Å². The fraction of sp³-hybridized carbons (Fsp3) is 0.476. The maximum Gasteiger partial charge on any atom is 0.345 e. The van der Waals surface area contributed by atoms with Crippen LogP contribution < -0.4 is 21.1 Å². The van der Waals surface area contributed by atoms with Crippen LogP contribution in [0.3, 0.4) is 0 Å². The van der Waals surface area contributed by atoms with Gasteiger partial charge < -0.3 is 15.4 Å². The Balaban J connectivity index is 0.00000320. The highest BCUT2D eigenvalue weighted by Crippen LogP contribution is 2.17. The molecule has 0 atom stereocenters. The molecule has 2 aromatic rings. The van der Waals surface area contributed by atoms with Gasteiger partial charge in [0, 0.05) is 45.2 Å². The van der Waals surface area contributed by atoms with E-state index in [1.54, 1.807) is 17.8 Å². The third-order valence-electron chi connectivity index (χ3n) is 4.87. The van der Waals surface area contributed by atoms with Gasteiger partial charge in [-0.15, -0.1) is 24.0 Å². The first-order valence-electron chi connectivity index (χ1n) is 10.2. The Morgan fingerprint density at radius 3 is 2.93 bits per heavy atom. The Hall–Kier alpha value is -2.30. The van der Waals surface area contributed by atoms with Crippen LogP contribution in [-0.2, 0) is 26.1 Å². The van der Waals surface area contributed by atoms with Crippen molar-refractivity contribution in [3.63, 3.8) is 0 Å². The normalized spacial score (nSPS) is 13.2. The van der Waals surface area contributed by atoms with E-state index in [1.165, 1.54) is 0 Å². The van der Waals surface area contributed by atoms with Crippen molar-refractivity contribution in [2.24, 2.45) is 4.99 Å². The minimum absolute atomic E-state index is 0. The Labute approximate surface area is 194 Å². The number of aromatic nitrogens is 3. The summed E-state index contributed by atoms with van der Waals surface area (Å²) in [6.07, 6.45) is 5.59. The van der Waals surface area contributed by atoms with Gasteiger partial charge in [0.05, 0.1) is 0 Å². The SMILES string of the molecule is C=CCOc1ccccc1CNC(=NC)NCCCn1nc2n(c1=O)CCCC2.I. The Morgan fingerprint density at radius 1 is 1.33 bits per heavy atom. The van der Waals surface area contributed by atoms with Gasteiger partial charge in [-0.25, -0.2) is 9.48 Å². The molecular formula is C21H31IN6O2. The number of aliphatic imine (C=N–C) groups is 1. The lowest BCUT2D eigenvalue weighted by Crippen LogP contribution is -2.38. The van der Waals surface area contributed by atoms with Crippen molar-refractivity contribution in [2.45, 2.75) is 45.3 Å². The van der Waals surface area contributed by atoms with E-state index >= 15 is 0 Å². The van der Waals surface area contributed by atoms with Crippen LogP contribution in [0.5, 0.6) is 5.75 Å². The molecule has 0 spiro atoms. The summed E-state index contributed by atoms with van der Waals surface area (Å²) in [5.41, 5.74) is 1.06. The van der Waals surface area contributed by atoms with Gasteiger partial charge >= 0.3 is 5.69 Å². The number of ether oxygens (including phenoxy) is 1. The van der Waals surface area contributed by atoms with Crippen LogP contribution >= 0.6 is 24.0 Å². The summed E-state index contributed by atoms with van der Waals surface area (Å²) >= 11 is 0. The molecule has 0 aliphatic carbocycles. The Kier molecular flexibility index (Phi) is 9.92. The topological polar surface area (TPSA) is 85.5 Å². The largest absolute Gasteiger partial charge is 0.489 e. The van der Waals surface area contributed by atoms with Crippen molar-refractivity contribution in [2.75, 3.05) is 20.2 Å². The summed E-state index contributed by atoms with van der Waals surface area (Å²) in [7, 11) is 1.74. The lowest BCUT2D eigenvalue weighted by Gasteiger charge is -2.14. The highest BCUT2D eigenvalue weighted by Gasteiger charge is 2.16. The smallest absolute Gasteiger partial charge is 0.345 e. The van der Waals surface area contributed by atoms with E-state index in [0.29, 0.717) is 32.2 Å². The number of aryl methyl sites for hydroxylation is 2. The zero-order valence-electron chi connectivity index (χ0n) is 17.5. The molecule has 0 amide bonds. The molecule has 9 heteroatoms. The maximum absolute atomic E-state index is 12.4. The summed E-state index contributed by atoms with van der Waals surface area (Å²) in [6.45, 7) is 6.84. The van der Waals surface area contributed by atoms with Gasteiger partial charge in [0.25, 0.3) is 0 Å². The molecule has 1 aliphatic heterocycles. The van der Waals surface area contributed by atoms with E-state index in [9.17, 15) is 4.79 Å². The second-order valence-electron chi connectivity index (χ2n) is 6.94. The molecule has 0 radical (unpaired) electrons. The number of nitrogens with zero attached hydrogens (tertiary/aromatic N) is 4. The van der Waals surface area contributed by atoms with E-state index in [-0.39, 0.29) is 29.7 Å². The number of halogens is 1. The molecular weight excluding hydrogens is 495 g/mol. The van der Waals surface area contributed by atoms with E-state index in [4.69, 9.17) is 4.74 Å². The quantitative estimate of drug-likeness (QED) is 0.172. The summed E-state index contributed by atoms with van der Waals surface area (Å²) in [6, 6.07) is 7.89. The number of rotatable bonds is 9. The van der Waals surface area contributed by atoms with Crippen LogP contribution in [0.1, 0.15) is 30.7 Å². The first-order valence-corrected chi connectivity index (χ1v) is 10.2. The predicted molar refractivity (Wildman–Crippen MR) is 130 cm³/mol. The number of hydrogen-bond donors (Lipinski definition) is 2. The third-order valence-corrected chi connectivity index (χ3v) is 4.87. The molecule has 2 heterocycles. The summed E-state index contributed by atoms with van der Waals surface area (Å²) in [5.74, 6) is 2.46. The molecule has 2 N–H and O–H groups in total. The second-order valence-corrected chi connectivity index (χ2v) is 6.94. The molecule has 30 heavy (non-hydrogen) atoms. The molecule has 0 bridgehead atoms. The van der Waals surface area contributed by atoms with Gasteiger partial charge in [0.1, 0.15) is 18.2 Å². The fourth-order valence-electron chi connectivity index (χ4n) is 3.37. The van der Waals surface area contributed by atoms with Crippen molar-refractivity contribution in [3.05, 3.63) is 58.8 Å². The molecule has 0 fully saturated rings. The number of guanidine groups is 1. The maximum atomic E-state index is 12.4. The number of nitrogens with one attached hydrogen (secondary N) is 2. The van der Waals surface area contributed by atoms with Gasteiger partial charge in [-0.05, 0) is 25.3 Å². The molecule has 1 aromatic carbocycles. The van der Waals surface area contributed by atoms with Crippen molar-refractivity contribution in [1.29, 1.82) is 0 Å². The van der Waals surface area contributed by atoms with Crippen LogP contribution in [0.2, 0.25) is 0 Å². The standard InChI is InChI=1S/C21H30N6O2.HI/c1-3-15-29-18-10-5-4-9-17(18)16-24-20(22-2)23-12-8-14-27-21(28)26-13-7-6-11-19(26)25-27;/h3-5,9-10H,1,6-8,11-16H2,2H3,(H2,22,23,24);1H. The fourth-order valence-corrected chi connectivity index (χ4v) is 3.37. The van der Waals surface area contributed by atoms with Crippen molar-refractivity contribution < 1.29 is 4.74 Å². The average Bonchev–Trinajstić information content (AvgIpc) is 3.08. The molecule has 0 saturated heterocycles. The minimum atomic E-state index is 0. The summed E-state index contributed by atoms with van der Waals surface area (Å²) < 4.78 is 9.08. The second kappa shape index (κ2) is 12.4. The van der Waals surface area contributed by atoms with Crippen LogP contribution in [-0.4, -0.2) is 40.5 Å². The van der Waals surface area contributed by atoms with Crippen molar-refractivity contribution >= 4 is 29.9 Å². The summed E-state index contributed by atoms with van der Waals surface area (Å²) in [4.78, 5) is 16.6. The molecule has 164 valence electrons. The van der Waals surface area contributed by atoms with Crippen LogP contribution in [0.15, 0.2) is 46.7 Å². The van der Waals surface area contributed by atoms with E-state index in [0.717, 1.165) is 49.4 Å². The monoisotopic (exact) mass is 526 g/mol. The van der Waals surface area contributed by atoms with Crippen molar-refractivity contribution in [3.8, 4) is 5.75 Å². The van der Waals surface area contributed by atoms with E-state index < -0.39 is 0 Å². The molecule has 0 saturated carbocycles. The predicted octanol–water partition coefficient (Wildman–Crippen LogP) is 2.32. The average molecular weight is 526 g/mol. The molecule has 0 unspecified atom stereocenters. The first kappa shape index (κ1) is 24.0. The molecule has 1 aromatic heterocycles. The highest BCUT2D eigenvalue weighted by molar-refractivity contribution is 14.0. The zero-order chi connectivity index (χ0) is 20.5. The summed E-state index contributed by atoms with van der Waals surface area (Å²) in [5, 5.41) is 11.1. The lowest BCUT2D eigenvalue weighted by molar-refractivity contribution is 0.358. The lowest BCUT2D eigenvalue weighted by atomic mass is 10.2. The zero-order valence-corrected chi connectivity index (χ0v) is 19.8. The number of hydrogen-bond acceptors (Lipinski definition) is 4. The molecule has 1 aliphatic rings. The number of para-hydroxylation sites is 1. The number of fused-ring (bicyclic) bond motifs is 1. The van der Waals surface area contributed by atoms with Crippen LogP contribution in [0.25, 0.3) is 0 Å². The Bertz CT molecular complexity index is 905.